The molecule has 0 aliphatic heterocycles. The number of hydrogen-bond donors (Lipinski definition) is 1. The Kier molecular flexibility index (Phi) is 5.41. The molecule has 0 amide bonds. The van der Waals surface area contributed by atoms with Crippen LogP contribution in [0.5, 0.6) is 5.75 Å². The largest absolute Gasteiger partial charge is 0.490 e. The van der Waals surface area contributed by atoms with Crippen molar-refractivity contribution < 1.29 is 19.4 Å². The van der Waals surface area contributed by atoms with Crippen LogP contribution in [0.25, 0.3) is 0 Å². The number of hydrogen-bond acceptors (Lipinski definition) is 4. The van der Waals surface area contributed by atoms with Gasteiger partial charge in [-0.15, -0.1) is 0 Å². The van der Waals surface area contributed by atoms with Crippen molar-refractivity contribution in [3.63, 3.8) is 0 Å². The summed E-state index contributed by atoms with van der Waals surface area (Å²) in [7, 11) is 1.40. The highest BCUT2D eigenvalue weighted by Crippen LogP contribution is 2.24. The summed E-state index contributed by atoms with van der Waals surface area (Å²) in [4.78, 5) is 11.1. The van der Waals surface area contributed by atoms with E-state index in [-0.39, 0.29) is 18.2 Å². The van der Waals surface area contributed by atoms with E-state index in [1.807, 2.05) is 24.3 Å². The van der Waals surface area contributed by atoms with Crippen molar-refractivity contribution in [3.8, 4) is 5.75 Å². The summed E-state index contributed by atoms with van der Waals surface area (Å²) in [5.41, 5.74) is 1.10. The molecule has 1 aromatic rings. The predicted octanol–water partition coefficient (Wildman–Crippen LogP) is 2.47. The maximum absolute atomic E-state index is 11.1. The summed E-state index contributed by atoms with van der Waals surface area (Å²) < 4.78 is 10.5. The summed E-state index contributed by atoms with van der Waals surface area (Å²) in [6.45, 7) is 0. The average Bonchev–Trinajstić information content (AvgIpc) is 2.48. The molecular weight excluding hydrogens is 256 g/mol. The van der Waals surface area contributed by atoms with Crippen LogP contribution >= 0.6 is 0 Å². The molecule has 1 N–H and O–H groups in total. The zero-order valence-corrected chi connectivity index (χ0v) is 11.9. The van der Waals surface area contributed by atoms with E-state index in [4.69, 9.17) is 4.74 Å². The quantitative estimate of drug-likeness (QED) is 0.841. The summed E-state index contributed by atoms with van der Waals surface area (Å²) in [5.74, 6) is 0.666. The lowest BCUT2D eigenvalue weighted by Crippen LogP contribution is -2.26. The molecule has 20 heavy (non-hydrogen) atoms. The van der Waals surface area contributed by atoms with Crippen LogP contribution in [-0.2, 0) is 16.0 Å². The van der Waals surface area contributed by atoms with Gasteiger partial charge in [0.05, 0.1) is 19.3 Å². The highest BCUT2D eigenvalue weighted by Gasteiger charge is 2.20. The standard InChI is InChI=1S/C16H22O4/c1-19-16(18)11-4-12-2-7-14(8-3-12)20-15-9-5-13(17)6-10-15/h2-3,7-8,13,15,17H,4-6,9-11H2,1H3. The molecule has 0 aromatic heterocycles. The Balaban J connectivity index is 1.80. The molecule has 1 aromatic carbocycles. The zero-order valence-electron chi connectivity index (χ0n) is 11.9. The zero-order chi connectivity index (χ0) is 14.4. The molecule has 1 aliphatic rings. The van der Waals surface area contributed by atoms with Crippen LogP contribution in [0.1, 0.15) is 37.7 Å². The van der Waals surface area contributed by atoms with Gasteiger partial charge in [0, 0.05) is 6.42 Å². The minimum atomic E-state index is -0.189. The van der Waals surface area contributed by atoms with Gasteiger partial charge in [-0.2, -0.15) is 0 Å². The van der Waals surface area contributed by atoms with Crippen molar-refractivity contribution >= 4 is 5.97 Å². The molecule has 0 heterocycles. The van der Waals surface area contributed by atoms with Crippen molar-refractivity contribution in [2.24, 2.45) is 0 Å². The molecule has 0 radical (unpaired) electrons. The lowest BCUT2D eigenvalue weighted by atomic mass is 9.95. The Morgan fingerprint density at radius 2 is 1.85 bits per heavy atom. The van der Waals surface area contributed by atoms with E-state index in [0.29, 0.717) is 12.8 Å². The van der Waals surface area contributed by atoms with Crippen LogP contribution in [0, 0.1) is 0 Å². The molecule has 4 nitrogen and oxygen atoms in total. The highest BCUT2D eigenvalue weighted by atomic mass is 16.5. The Bertz CT molecular complexity index is 419. The molecule has 4 heteroatoms. The molecule has 2 rings (SSSR count). The Morgan fingerprint density at radius 3 is 2.45 bits per heavy atom. The number of aliphatic hydroxyl groups excluding tert-OH is 1. The number of ether oxygens (including phenoxy) is 2. The van der Waals surface area contributed by atoms with Gasteiger partial charge in [0.1, 0.15) is 5.75 Å². The monoisotopic (exact) mass is 278 g/mol. The van der Waals surface area contributed by atoms with E-state index >= 15 is 0 Å². The number of aryl methyl sites for hydroxylation is 1. The SMILES string of the molecule is COC(=O)CCc1ccc(OC2CCC(O)CC2)cc1. The molecule has 1 saturated carbocycles. The second kappa shape index (κ2) is 7.29. The third-order valence-electron chi connectivity index (χ3n) is 3.72. The second-order valence-electron chi connectivity index (χ2n) is 5.27. The topological polar surface area (TPSA) is 55.8 Å². The maximum Gasteiger partial charge on any atom is 0.305 e. The number of methoxy groups -OCH3 is 1. The second-order valence-corrected chi connectivity index (χ2v) is 5.27. The lowest BCUT2D eigenvalue weighted by molar-refractivity contribution is -0.140. The van der Waals surface area contributed by atoms with Crippen molar-refractivity contribution in [1.82, 2.24) is 0 Å². The van der Waals surface area contributed by atoms with Gasteiger partial charge in [0.2, 0.25) is 0 Å². The molecule has 0 saturated heterocycles. The first-order valence-corrected chi connectivity index (χ1v) is 7.18. The first-order valence-electron chi connectivity index (χ1n) is 7.18. The fourth-order valence-corrected chi connectivity index (χ4v) is 2.44. The third-order valence-corrected chi connectivity index (χ3v) is 3.72. The fraction of sp³-hybridized carbons (Fsp3) is 0.562. The number of aliphatic hydroxyl groups is 1. The first kappa shape index (κ1) is 14.9. The molecule has 0 bridgehead atoms. The van der Waals surface area contributed by atoms with Gasteiger partial charge in [-0.3, -0.25) is 4.79 Å². The summed E-state index contributed by atoms with van der Waals surface area (Å²) in [6, 6.07) is 7.85. The first-order chi connectivity index (χ1) is 9.67. The number of esters is 1. The van der Waals surface area contributed by atoms with Gasteiger partial charge in [-0.05, 0) is 49.8 Å². The van der Waals surface area contributed by atoms with E-state index in [1.54, 1.807) is 0 Å². The number of carbonyl (C=O) groups is 1. The van der Waals surface area contributed by atoms with Crippen LogP contribution < -0.4 is 4.74 Å². The van der Waals surface area contributed by atoms with Crippen molar-refractivity contribution in [2.75, 3.05) is 7.11 Å². The van der Waals surface area contributed by atoms with E-state index < -0.39 is 0 Å². The summed E-state index contributed by atoms with van der Waals surface area (Å²) >= 11 is 0. The Hall–Kier alpha value is -1.55. The normalized spacial score (nSPS) is 22.3. The fourth-order valence-electron chi connectivity index (χ4n) is 2.44. The minimum Gasteiger partial charge on any atom is -0.490 e. The van der Waals surface area contributed by atoms with Gasteiger partial charge in [0.25, 0.3) is 0 Å². The molecule has 1 fully saturated rings. The predicted molar refractivity (Wildman–Crippen MR) is 75.7 cm³/mol. The number of rotatable bonds is 5. The molecule has 1 aliphatic carbocycles. The van der Waals surface area contributed by atoms with Crippen molar-refractivity contribution in [1.29, 1.82) is 0 Å². The Morgan fingerprint density at radius 1 is 1.20 bits per heavy atom. The van der Waals surface area contributed by atoms with Crippen LogP contribution in [0.15, 0.2) is 24.3 Å². The van der Waals surface area contributed by atoms with Crippen molar-refractivity contribution in [2.45, 2.75) is 50.7 Å². The number of benzene rings is 1. The maximum atomic E-state index is 11.1. The Labute approximate surface area is 119 Å². The van der Waals surface area contributed by atoms with E-state index in [0.717, 1.165) is 37.0 Å². The smallest absolute Gasteiger partial charge is 0.305 e. The lowest BCUT2D eigenvalue weighted by Gasteiger charge is -2.26. The average molecular weight is 278 g/mol. The molecule has 110 valence electrons. The van der Waals surface area contributed by atoms with Crippen molar-refractivity contribution in [3.05, 3.63) is 29.8 Å². The van der Waals surface area contributed by atoms with E-state index in [1.165, 1.54) is 7.11 Å². The van der Waals surface area contributed by atoms with Crippen LogP contribution in [-0.4, -0.2) is 30.4 Å². The molecular formula is C16H22O4. The van der Waals surface area contributed by atoms with Crippen LogP contribution in [0.2, 0.25) is 0 Å². The van der Waals surface area contributed by atoms with Crippen LogP contribution in [0.3, 0.4) is 0 Å². The number of carbonyl (C=O) groups excluding carboxylic acids is 1. The van der Waals surface area contributed by atoms with E-state index in [2.05, 4.69) is 4.74 Å². The van der Waals surface area contributed by atoms with Crippen LogP contribution in [0.4, 0.5) is 0 Å². The molecule has 0 spiro atoms. The minimum absolute atomic E-state index is 0.157. The summed E-state index contributed by atoms with van der Waals surface area (Å²) in [6.07, 6.45) is 4.59. The molecule has 0 atom stereocenters. The van der Waals surface area contributed by atoms with Gasteiger partial charge in [-0.25, -0.2) is 0 Å². The van der Waals surface area contributed by atoms with Gasteiger partial charge < -0.3 is 14.6 Å². The third kappa shape index (κ3) is 4.53. The highest BCUT2D eigenvalue weighted by molar-refractivity contribution is 5.69. The van der Waals surface area contributed by atoms with Gasteiger partial charge in [-0.1, -0.05) is 12.1 Å². The molecule has 0 unspecified atom stereocenters. The van der Waals surface area contributed by atoms with E-state index in [9.17, 15) is 9.90 Å². The van der Waals surface area contributed by atoms with Gasteiger partial charge in [0.15, 0.2) is 0 Å². The summed E-state index contributed by atoms with van der Waals surface area (Å²) in [5, 5.41) is 9.46. The van der Waals surface area contributed by atoms with Gasteiger partial charge >= 0.3 is 5.97 Å².